The minimum atomic E-state index is 0.138. The second kappa shape index (κ2) is 3.29. The molecule has 0 bridgehead atoms. The van der Waals surface area contributed by atoms with Crippen LogP contribution in [-0.4, -0.2) is 5.78 Å². The molecule has 0 N–H and O–H groups in total. The zero-order chi connectivity index (χ0) is 13.3. The van der Waals surface area contributed by atoms with Crippen molar-refractivity contribution >= 4 is 11.4 Å². The van der Waals surface area contributed by atoms with Crippen molar-refractivity contribution < 1.29 is 4.79 Å². The average Bonchev–Trinajstić information content (AvgIpc) is 3.03. The van der Waals surface area contributed by atoms with Crippen LogP contribution in [0.4, 0.5) is 0 Å². The summed E-state index contributed by atoms with van der Waals surface area (Å²) in [6.45, 7) is 0. The molecular formula is C19H14O. The summed E-state index contributed by atoms with van der Waals surface area (Å²) in [7, 11) is 0. The molecule has 0 radical (unpaired) electrons. The Bertz CT molecular complexity index is 784. The highest BCUT2D eigenvalue weighted by molar-refractivity contribution is 6.23. The van der Waals surface area contributed by atoms with Gasteiger partial charge >= 0.3 is 0 Å². The Labute approximate surface area is 117 Å². The molecule has 1 nitrogen and oxygen atoms in total. The van der Waals surface area contributed by atoms with Gasteiger partial charge in [0.25, 0.3) is 0 Å². The molecule has 96 valence electrons. The molecule has 3 aliphatic carbocycles. The summed E-state index contributed by atoms with van der Waals surface area (Å²) in [4.78, 5) is 12.6. The smallest absolute Gasteiger partial charge is 0.189 e. The van der Waals surface area contributed by atoms with Crippen molar-refractivity contribution in [3.05, 3.63) is 76.9 Å². The Morgan fingerprint density at radius 3 is 2.40 bits per heavy atom. The molecule has 2 unspecified atom stereocenters. The number of fused-ring (bicyclic) bond motifs is 4. The average molecular weight is 258 g/mol. The number of carbonyl (C=O) groups is 1. The van der Waals surface area contributed by atoms with Crippen LogP contribution < -0.4 is 0 Å². The molecule has 1 saturated carbocycles. The maximum Gasteiger partial charge on any atom is 0.189 e. The summed E-state index contributed by atoms with van der Waals surface area (Å²) < 4.78 is 0. The predicted octanol–water partition coefficient (Wildman–Crippen LogP) is 4.00. The van der Waals surface area contributed by atoms with Gasteiger partial charge in [0.2, 0.25) is 0 Å². The molecule has 0 spiro atoms. The third-order valence-electron chi connectivity index (χ3n) is 5.31. The maximum atomic E-state index is 12.6. The van der Waals surface area contributed by atoms with Crippen molar-refractivity contribution in [2.24, 2.45) is 5.92 Å². The number of ketones is 1. The largest absolute Gasteiger partial charge is 0.289 e. The fraction of sp³-hybridized carbons (Fsp3) is 0.211. The van der Waals surface area contributed by atoms with E-state index in [1.165, 1.54) is 23.1 Å². The first-order chi connectivity index (χ1) is 9.82. The van der Waals surface area contributed by atoms with Gasteiger partial charge in [-0.2, -0.15) is 0 Å². The summed E-state index contributed by atoms with van der Waals surface area (Å²) in [5.74, 6) is 0.922. The van der Waals surface area contributed by atoms with Crippen LogP contribution in [0, 0.1) is 5.92 Å². The lowest BCUT2D eigenvalue weighted by molar-refractivity contribution is 0.103. The fourth-order valence-corrected chi connectivity index (χ4v) is 4.40. The van der Waals surface area contributed by atoms with Crippen LogP contribution in [0.2, 0.25) is 0 Å². The number of allylic oxidation sites excluding steroid dienone is 2. The third-order valence-corrected chi connectivity index (χ3v) is 5.31. The number of rotatable bonds is 1. The van der Waals surface area contributed by atoms with E-state index in [9.17, 15) is 4.79 Å². The lowest BCUT2D eigenvalue weighted by Crippen LogP contribution is -2.09. The van der Waals surface area contributed by atoms with Crippen molar-refractivity contribution in [2.75, 3.05) is 0 Å². The fourth-order valence-electron chi connectivity index (χ4n) is 4.40. The van der Waals surface area contributed by atoms with Gasteiger partial charge in [0.05, 0.1) is 0 Å². The minimum Gasteiger partial charge on any atom is -0.289 e. The van der Waals surface area contributed by atoms with Crippen LogP contribution in [0.5, 0.6) is 0 Å². The molecule has 0 aliphatic heterocycles. The van der Waals surface area contributed by atoms with Gasteiger partial charge in [-0.1, -0.05) is 54.6 Å². The molecule has 2 atom stereocenters. The quantitative estimate of drug-likeness (QED) is 0.755. The van der Waals surface area contributed by atoms with Crippen molar-refractivity contribution in [1.29, 1.82) is 0 Å². The Morgan fingerprint density at radius 2 is 1.60 bits per heavy atom. The highest BCUT2D eigenvalue weighted by atomic mass is 16.1. The second-order valence-corrected chi connectivity index (χ2v) is 6.17. The molecule has 3 aliphatic rings. The van der Waals surface area contributed by atoms with E-state index in [0.29, 0.717) is 5.92 Å². The van der Waals surface area contributed by atoms with Gasteiger partial charge in [-0.15, -0.1) is 0 Å². The summed E-state index contributed by atoms with van der Waals surface area (Å²) in [5, 5.41) is 0. The Morgan fingerprint density at radius 1 is 0.900 bits per heavy atom. The van der Waals surface area contributed by atoms with E-state index in [4.69, 9.17) is 0 Å². The van der Waals surface area contributed by atoms with Crippen LogP contribution >= 0.6 is 0 Å². The maximum absolute atomic E-state index is 12.6. The van der Waals surface area contributed by atoms with Crippen molar-refractivity contribution in [3.8, 4) is 0 Å². The Kier molecular flexibility index (Phi) is 1.75. The summed E-state index contributed by atoms with van der Waals surface area (Å²) >= 11 is 0. The van der Waals surface area contributed by atoms with Gasteiger partial charge in [-0.25, -0.2) is 0 Å². The number of benzene rings is 2. The van der Waals surface area contributed by atoms with Gasteiger partial charge in [-0.05, 0) is 35.5 Å². The van der Waals surface area contributed by atoms with E-state index in [-0.39, 0.29) is 11.2 Å². The monoisotopic (exact) mass is 258 g/mol. The van der Waals surface area contributed by atoms with Gasteiger partial charge in [-0.3, -0.25) is 4.79 Å². The van der Waals surface area contributed by atoms with Crippen LogP contribution in [0.25, 0.3) is 5.57 Å². The standard InChI is InChI=1S/C19H14O/c20-18-15-9-5-4-8-14(15)17-16(18)10-13-11-19(13,17)12-6-2-1-3-7-12/h1-9,13H,10-11H2. The molecule has 2 aromatic rings. The van der Waals surface area contributed by atoms with E-state index in [1.807, 2.05) is 12.1 Å². The van der Waals surface area contributed by atoms with E-state index in [2.05, 4.69) is 42.5 Å². The SMILES string of the molecule is O=C1C2=C(c3ccccc31)C1(c3ccccc3)CC1C2. The molecule has 2 aromatic carbocycles. The second-order valence-electron chi connectivity index (χ2n) is 6.17. The molecule has 1 fully saturated rings. The molecule has 20 heavy (non-hydrogen) atoms. The number of Topliss-reactive ketones (excluding diaryl/α,β-unsaturated/α-hetero) is 1. The van der Waals surface area contributed by atoms with Gasteiger partial charge in [0.15, 0.2) is 5.78 Å². The minimum absolute atomic E-state index is 0.138. The van der Waals surface area contributed by atoms with E-state index >= 15 is 0 Å². The zero-order valence-corrected chi connectivity index (χ0v) is 11.1. The zero-order valence-electron chi connectivity index (χ0n) is 11.1. The van der Waals surface area contributed by atoms with Gasteiger partial charge < -0.3 is 0 Å². The molecule has 0 saturated heterocycles. The van der Waals surface area contributed by atoms with Gasteiger partial charge in [0.1, 0.15) is 0 Å². The molecule has 1 heteroatoms. The summed E-state index contributed by atoms with van der Waals surface area (Å²) in [5.41, 5.74) is 6.06. The highest BCUT2D eigenvalue weighted by Crippen LogP contribution is 2.71. The van der Waals surface area contributed by atoms with E-state index in [0.717, 1.165) is 17.6 Å². The van der Waals surface area contributed by atoms with E-state index in [1.54, 1.807) is 0 Å². The van der Waals surface area contributed by atoms with Gasteiger partial charge in [0, 0.05) is 16.6 Å². The molecule has 0 amide bonds. The lowest BCUT2D eigenvalue weighted by Gasteiger charge is -2.18. The van der Waals surface area contributed by atoms with Crippen LogP contribution in [0.3, 0.4) is 0 Å². The number of hydrogen-bond donors (Lipinski definition) is 0. The first-order valence-electron chi connectivity index (χ1n) is 7.25. The summed E-state index contributed by atoms with van der Waals surface area (Å²) in [6, 6.07) is 18.9. The molecule has 5 rings (SSSR count). The van der Waals surface area contributed by atoms with E-state index < -0.39 is 0 Å². The topological polar surface area (TPSA) is 17.1 Å². The first kappa shape index (κ1) is 10.6. The molecule has 0 heterocycles. The van der Waals surface area contributed by atoms with Crippen molar-refractivity contribution in [3.63, 3.8) is 0 Å². The first-order valence-corrected chi connectivity index (χ1v) is 7.25. The predicted molar refractivity (Wildman–Crippen MR) is 78.5 cm³/mol. The Hall–Kier alpha value is -2.15. The van der Waals surface area contributed by atoms with Crippen molar-refractivity contribution in [1.82, 2.24) is 0 Å². The summed E-state index contributed by atoms with van der Waals surface area (Å²) in [6.07, 6.45) is 2.18. The van der Waals surface area contributed by atoms with Crippen LogP contribution in [-0.2, 0) is 5.41 Å². The Balaban J connectivity index is 1.77. The highest BCUT2D eigenvalue weighted by Gasteiger charge is 2.64. The third kappa shape index (κ3) is 1.04. The number of carbonyl (C=O) groups excluding carboxylic acids is 1. The molecule has 0 aromatic heterocycles. The van der Waals surface area contributed by atoms with Crippen LogP contribution in [0.15, 0.2) is 60.2 Å². The van der Waals surface area contributed by atoms with Crippen LogP contribution in [0.1, 0.15) is 34.3 Å². The molecular weight excluding hydrogens is 244 g/mol. The number of hydrogen-bond acceptors (Lipinski definition) is 1. The van der Waals surface area contributed by atoms with Crippen molar-refractivity contribution in [2.45, 2.75) is 18.3 Å². The normalized spacial score (nSPS) is 29.2. The lowest BCUT2D eigenvalue weighted by atomic mass is 9.85.